The first kappa shape index (κ1) is 20.5. The van der Waals surface area contributed by atoms with Crippen molar-refractivity contribution in [1.29, 1.82) is 0 Å². The summed E-state index contributed by atoms with van der Waals surface area (Å²) in [5.41, 5.74) is -1.03. The number of hydrogen-bond donors (Lipinski definition) is 7. The molecule has 0 aromatic heterocycles. The molecule has 0 bridgehead atoms. The van der Waals surface area contributed by atoms with Crippen molar-refractivity contribution in [1.82, 2.24) is 0 Å². The first-order chi connectivity index (χ1) is 12.1. The van der Waals surface area contributed by atoms with Gasteiger partial charge in [-0.1, -0.05) is 0 Å². The number of carbonyl (C=O) groups is 2. The van der Waals surface area contributed by atoms with Crippen LogP contribution in [0.2, 0.25) is 0 Å². The van der Waals surface area contributed by atoms with Crippen molar-refractivity contribution < 1.29 is 54.8 Å². The lowest BCUT2D eigenvalue weighted by atomic mass is 9.86. The van der Waals surface area contributed by atoms with Crippen molar-refractivity contribution in [2.45, 2.75) is 48.8 Å². The molecule has 0 amide bonds. The summed E-state index contributed by atoms with van der Waals surface area (Å²) in [6.07, 6.45) is -11.7. The molecule has 0 saturated heterocycles. The van der Waals surface area contributed by atoms with Crippen LogP contribution >= 0.6 is 0 Å². The molecule has 0 aromatic rings. The Labute approximate surface area is 147 Å². The minimum absolute atomic E-state index is 0.429. The van der Waals surface area contributed by atoms with E-state index in [9.17, 15) is 45.3 Å². The van der Waals surface area contributed by atoms with Gasteiger partial charge in [0.15, 0.2) is 0 Å². The Morgan fingerprint density at radius 3 is 1.73 bits per heavy atom. The zero-order chi connectivity index (χ0) is 19.8. The van der Waals surface area contributed by atoms with E-state index >= 15 is 0 Å². The molecule has 11 nitrogen and oxygen atoms in total. The molecular weight excluding hydrogens is 356 g/mol. The molecule has 2 aliphatic rings. The number of ether oxygens (including phenoxy) is 2. The van der Waals surface area contributed by atoms with Crippen molar-refractivity contribution in [2.24, 2.45) is 0 Å². The summed E-state index contributed by atoms with van der Waals surface area (Å²) in [5, 5.41) is 67.9. The van der Waals surface area contributed by atoms with E-state index in [4.69, 9.17) is 9.47 Å². The molecule has 0 fully saturated rings. The number of rotatable bonds is 5. The zero-order valence-corrected chi connectivity index (χ0v) is 13.5. The van der Waals surface area contributed by atoms with Crippen LogP contribution in [0.1, 0.15) is 0 Å². The van der Waals surface area contributed by atoms with Crippen molar-refractivity contribution in [3.8, 4) is 0 Å². The number of carboxylic acids is 2. The second kappa shape index (κ2) is 7.80. The van der Waals surface area contributed by atoms with Gasteiger partial charge in [-0.05, 0) is 12.2 Å². The largest absolute Gasteiger partial charge is 0.478 e. The van der Waals surface area contributed by atoms with E-state index in [2.05, 4.69) is 0 Å². The maximum atomic E-state index is 11.4. The van der Waals surface area contributed by atoms with Gasteiger partial charge in [-0.25, -0.2) is 9.59 Å². The number of aliphatic carboxylic acids is 2. The number of carboxylic acid groups (broad SMARTS) is 2. The SMILES string of the molecule is COC1C(C(=O)O)=C[C@H](O)[C@H](O)[C@@H]1O[C@H]1C(C(=O)O)=C[C@@H](O)[C@@H](O)C1O. The highest BCUT2D eigenvalue weighted by Crippen LogP contribution is 2.31. The molecule has 11 heteroatoms. The van der Waals surface area contributed by atoms with E-state index in [1.54, 1.807) is 0 Å². The van der Waals surface area contributed by atoms with E-state index in [1.165, 1.54) is 0 Å². The standard InChI is InChI=1S/C15H20O11/c1-25-12-5(15(23)24)3-7(17)9(19)13(12)26-11-4(14(21)22)2-6(16)8(18)10(11)20/h2-3,6-13,16-20H,1H3,(H,21,22)(H,23,24)/t6-,7+,8-,9+,10?,11+,12?,13+/m1/s1. The number of methoxy groups -OCH3 is 1. The maximum absolute atomic E-state index is 11.4. The molecule has 2 rings (SSSR count). The van der Waals surface area contributed by atoms with Crippen molar-refractivity contribution in [2.75, 3.05) is 7.11 Å². The lowest BCUT2D eigenvalue weighted by Gasteiger charge is -2.41. The van der Waals surface area contributed by atoms with Crippen LogP contribution in [0.5, 0.6) is 0 Å². The Balaban J connectivity index is 2.40. The fourth-order valence-electron chi connectivity index (χ4n) is 2.99. The van der Waals surface area contributed by atoms with Gasteiger partial charge in [0.25, 0.3) is 0 Å². The number of hydrogen-bond acceptors (Lipinski definition) is 9. The summed E-state index contributed by atoms with van der Waals surface area (Å²) in [6, 6.07) is 0. The third kappa shape index (κ3) is 3.64. The molecule has 8 atom stereocenters. The van der Waals surface area contributed by atoms with Crippen LogP contribution in [0, 0.1) is 0 Å². The van der Waals surface area contributed by atoms with Crippen LogP contribution in [0.15, 0.2) is 23.3 Å². The fraction of sp³-hybridized carbons (Fsp3) is 0.600. The van der Waals surface area contributed by atoms with Crippen molar-refractivity contribution in [3.63, 3.8) is 0 Å². The van der Waals surface area contributed by atoms with Gasteiger partial charge in [0.2, 0.25) is 0 Å². The van der Waals surface area contributed by atoms with Gasteiger partial charge >= 0.3 is 11.9 Å². The van der Waals surface area contributed by atoms with E-state index in [-0.39, 0.29) is 0 Å². The summed E-state index contributed by atoms with van der Waals surface area (Å²) in [6.45, 7) is 0. The van der Waals surface area contributed by atoms with Crippen LogP contribution in [0.25, 0.3) is 0 Å². The Bertz CT molecular complexity index is 627. The predicted octanol–water partition coefficient (Wildman–Crippen LogP) is -3.39. The van der Waals surface area contributed by atoms with Gasteiger partial charge in [-0.15, -0.1) is 0 Å². The maximum Gasteiger partial charge on any atom is 0.334 e. The Hall–Kier alpha value is -1.86. The quantitative estimate of drug-likeness (QED) is 0.253. The lowest BCUT2D eigenvalue weighted by Crippen LogP contribution is -2.57. The van der Waals surface area contributed by atoms with E-state index in [0.717, 1.165) is 19.3 Å². The number of aliphatic hydroxyl groups excluding tert-OH is 5. The summed E-state index contributed by atoms with van der Waals surface area (Å²) in [5.74, 6) is -3.01. The van der Waals surface area contributed by atoms with Gasteiger partial charge in [0.1, 0.15) is 48.8 Å². The molecule has 2 unspecified atom stereocenters. The van der Waals surface area contributed by atoms with Crippen molar-refractivity contribution in [3.05, 3.63) is 23.3 Å². The molecule has 0 aliphatic heterocycles. The fourth-order valence-corrected chi connectivity index (χ4v) is 2.99. The minimum Gasteiger partial charge on any atom is -0.478 e. The second-order valence-electron chi connectivity index (χ2n) is 5.98. The molecule has 2 aliphatic carbocycles. The molecule has 26 heavy (non-hydrogen) atoms. The third-order valence-corrected chi connectivity index (χ3v) is 4.36. The lowest BCUT2D eigenvalue weighted by molar-refractivity contribution is -0.190. The Morgan fingerprint density at radius 1 is 0.808 bits per heavy atom. The van der Waals surface area contributed by atoms with Gasteiger partial charge in [0, 0.05) is 7.11 Å². The highest BCUT2D eigenvalue weighted by Gasteiger charge is 2.48. The van der Waals surface area contributed by atoms with E-state index in [0.29, 0.717) is 0 Å². The van der Waals surface area contributed by atoms with Crippen LogP contribution in [-0.4, -0.2) is 104 Å². The summed E-state index contributed by atoms with van der Waals surface area (Å²) in [7, 11) is 1.12. The first-order valence-electron chi connectivity index (χ1n) is 7.58. The van der Waals surface area contributed by atoms with Gasteiger partial charge in [0.05, 0.1) is 11.1 Å². The Kier molecular flexibility index (Phi) is 6.13. The second-order valence-corrected chi connectivity index (χ2v) is 5.98. The average molecular weight is 376 g/mol. The molecule has 0 aromatic carbocycles. The smallest absolute Gasteiger partial charge is 0.334 e. The van der Waals surface area contributed by atoms with Gasteiger partial charge in [-0.3, -0.25) is 0 Å². The van der Waals surface area contributed by atoms with Crippen LogP contribution in [0.4, 0.5) is 0 Å². The molecule has 0 saturated carbocycles. The molecule has 0 radical (unpaired) electrons. The monoisotopic (exact) mass is 376 g/mol. The molecule has 7 N–H and O–H groups in total. The van der Waals surface area contributed by atoms with Crippen molar-refractivity contribution >= 4 is 11.9 Å². The highest BCUT2D eigenvalue weighted by atomic mass is 16.6. The topological polar surface area (TPSA) is 194 Å². The normalized spacial score (nSPS) is 40.5. The zero-order valence-electron chi connectivity index (χ0n) is 13.5. The highest BCUT2D eigenvalue weighted by molar-refractivity contribution is 5.89. The van der Waals surface area contributed by atoms with Crippen LogP contribution in [-0.2, 0) is 19.1 Å². The Morgan fingerprint density at radius 2 is 1.27 bits per heavy atom. The molecule has 0 heterocycles. The third-order valence-electron chi connectivity index (χ3n) is 4.36. The van der Waals surface area contributed by atoms with E-state index in [1.807, 2.05) is 0 Å². The summed E-state index contributed by atoms with van der Waals surface area (Å²) < 4.78 is 10.4. The first-order valence-corrected chi connectivity index (χ1v) is 7.58. The molecule has 146 valence electrons. The van der Waals surface area contributed by atoms with Crippen LogP contribution in [0.3, 0.4) is 0 Å². The van der Waals surface area contributed by atoms with Gasteiger partial charge < -0.3 is 45.2 Å². The predicted molar refractivity (Wildman–Crippen MR) is 80.9 cm³/mol. The number of aliphatic hydroxyl groups is 5. The summed E-state index contributed by atoms with van der Waals surface area (Å²) >= 11 is 0. The molecular formula is C15H20O11. The minimum atomic E-state index is -1.89. The average Bonchev–Trinajstić information content (AvgIpc) is 2.57. The summed E-state index contributed by atoms with van der Waals surface area (Å²) in [4.78, 5) is 22.7. The van der Waals surface area contributed by atoms with E-state index < -0.39 is 71.9 Å². The van der Waals surface area contributed by atoms with Gasteiger partial charge in [-0.2, -0.15) is 0 Å². The molecule has 0 spiro atoms. The van der Waals surface area contributed by atoms with Crippen LogP contribution < -0.4 is 0 Å².